The minimum absolute atomic E-state index is 0.267. The molecule has 0 aliphatic carbocycles. The summed E-state index contributed by atoms with van der Waals surface area (Å²) in [4.78, 5) is 3.91. The van der Waals surface area contributed by atoms with Crippen LogP contribution in [0.2, 0.25) is 0 Å². The molecule has 30 heavy (non-hydrogen) atoms. The zero-order chi connectivity index (χ0) is 21.6. The van der Waals surface area contributed by atoms with Crippen molar-refractivity contribution in [1.82, 2.24) is 9.62 Å². The Morgan fingerprint density at radius 1 is 1.07 bits per heavy atom. The van der Waals surface area contributed by atoms with Crippen LogP contribution in [0.5, 0.6) is 0 Å². The highest BCUT2D eigenvalue weighted by atomic mass is 32.2. The summed E-state index contributed by atoms with van der Waals surface area (Å²) in [6.45, 7) is 7.42. The fourth-order valence-corrected chi connectivity index (χ4v) is 6.60. The number of anilines is 1. The van der Waals surface area contributed by atoms with Crippen LogP contribution in [0.3, 0.4) is 0 Å². The Hall–Kier alpha value is -1.58. The van der Waals surface area contributed by atoms with E-state index < -0.39 is 27.3 Å². The smallest absolute Gasteiger partial charge is 0.370 e. The van der Waals surface area contributed by atoms with Gasteiger partial charge in [-0.2, -0.15) is 13.2 Å². The fourth-order valence-electron chi connectivity index (χ4n) is 4.86. The van der Waals surface area contributed by atoms with Crippen molar-refractivity contribution in [2.45, 2.75) is 48.7 Å². The molecule has 1 aromatic rings. The van der Waals surface area contributed by atoms with Gasteiger partial charge < -0.3 is 9.80 Å². The van der Waals surface area contributed by atoms with E-state index in [1.807, 2.05) is 11.0 Å². The predicted octanol–water partition coefficient (Wildman–Crippen LogP) is 3.62. The molecule has 9 heteroatoms. The average molecular weight is 444 g/mol. The summed E-state index contributed by atoms with van der Waals surface area (Å²) in [5.74, 6) is 0.347. The molecule has 0 atom stereocenters. The maximum Gasteiger partial charge on any atom is 0.416 e. The van der Waals surface area contributed by atoms with Gasteiger partial charge in [-0.1, -0.05) is 6.08 Å². The van der Waals surface area contributed by atoms with Gasteiger partial charge in [0.05, 0.1) is 11.3 Å². The van der Waals surface area contributed by atoms with Crippen LogP contribution in [-0.4, -0.2) is 51.6 Å². The summed E-state index contributed by atoms with van der Waals surface area (Å²) in [6.07, 6.45) is 0.946. The van der Waals surface area contributed by atoms with Gasteiger partial charge in [0.2, 0.25) is 10.0 Å². The van der Waals surface area contributed by atoms with Crippen molar-refractivity contribution in [3.05, 3.63) is 36.4 Å². The van der Waals surface area contributed by atoms with E-state index in [0.717, 1.165) is 44.6 Å². The second-order valence-electron chi connectivity index (χ2n) is 8.72. The van der Waals surface area contributed by atoms with Crippen LogP contribution in [0, 0.1) is 5.92 Å². The highest BCUT2D eigenvalue weighted by Crippen LogP contribution is 2.38. The van der Waals surface area contributed by atoms with Gasteiger partial charge in [0.15, 0.2) is 0 Å². The van der Waals surface area contributed by atoms with Gasteiger partial charge in [-0.05, 0) is 75.9 Å². The highest BCUT2D eigenvalue weighted by Gasteiger charge is 2.43. The Morgan fingerprint density at radius 3 is 2.20 bits per heavy atom. The van der Waals surface area contributed by atoms with E-state index in [-0.39, 0.29) is 4.90 Å². The number of rotatable bonds is 5. The molecule has 4 heterocycles. The molecule has 0 spiro atoms. The molecular formula is C21H28F3N3O2S. The van der Waals surface area contributed by atoms with Crippen LogP contribution >= 0.6 is 0 Å². The topological polar surface area (TPSA) is 52.7 Å². The van der Waals surface area contributed by atoms with Gasteiger partial charge in [-0.3, -0.25) is 0 Å². The zero-order valence-corrected chi connectivity index (χ0v) is 17.7. The van der Waals surface area contributed by atoms with E-state index in [1.54, 1.807) is 0 Å². The van der Waals surface area contributed by atoms with Gasteiger partial charge in [0, 0.05) is 18.6 Å². The number of allylic oxidation sites excluding steroid dienone is 1. The Bertz CT molecular complexity index is 887. The molecule has 166 valence electrons. The summed E-state index contributed by atoms with van der Waals surface area (Å²) in [5.41, 5.74) is -1.15. The fraction of sp³-hybridized carbons (Fsp3) is 0.619. The number of fused-ring (bicyclic) bond motifs is 3. The van der Waals surface area contributed by atoms with E-state index in [4.69, 9.17) is 0 Å². The van der Waals surface area contributed by atoms with E-state index in [0.29, 0.717) is 44.0 Å². The van der Waals surface area contributed by atoms with Crippen LogP contribution < -0.4 is 9.62 Å². The SMILES string of the molecule is C=CC1CCN(c2ccc(C(F)(F)F)cc2S(=O)(=O)NC23CCN(CC2)CC3)CC1. The van der Waals surface area contributed by atoms with Crippen LogP contribution in [-0.2, 0) is 16.2 Å². The minimum Gasteiger partial charge on any atom is -0.370 e. The Balaban J connectivity index is 1.69. The third-order valence-corrected chi connectivity index (χ3v) is 8.47. The molecule has 0 unspecified atom stereocenters. The largest absolute Gasteiger partial charge is 0.416 e. The van der Waals surface area contributed by atoms with E-state index in [9.17, 15) is 21.6 Å². The first-order valence-corrected chi connectivity index (χ1v) is 12.0. The monoisotopic (exact) mass is 443 g/mol. The number of nitrogens with one attached hydrogen (secondary N) is 1. The first-order valence-electron chi connectivity index (χ1n) is 10.5. The molecular weight excluding hydrogens is 415 g/mol. The lowest BCUT2D eigenvalue weighted by Gasteiger charge is -2.48. The molecule has 1 N–H and O–H groups in total. The third kappa shape index (κ3) is 4.24. The van der Waals surface area contributed by atoms with Crippen molar-refractivity contribution in [1.29, 1.82) is 0 Å². The van der Waals surface area contributed by atoms with Gasteiger partial charge >= 0.3 is 6.18 Å². The van der Waals surface area contributed by atoms with Crippen molar-refractivity contribution in [2.24, 2.45) is 5.92 Å². The number of benzene rings is 1. The summed E-state index contributed by atoms with van der Waals surface area (Å²) >= 11 is 0. The lowest BCUT2D eigenvalue weighted by molar-refractivity contribution is -0.137. The predicted molar refractivity (Wildman–Crippen MR) is 110 cm³/mol. The summed E-state index contributed by atoms with van der Waals surface area (Å²) in [5, 5.41) is 0. The Labute approximate surface area is 176 Å². The molecule has 4 aliphatic rings. The number of hydrogen-bond donors (Lipinski definition) is 1. The van der Waals surface area contributed by atoms with Gasteiger partial charge in [-0.15, -0.1) is 6.58 Å². The summed E-state index contributed by atoms with van der Waals surface area (Å²) < 4.78 is 69.8. The number of halogens is 3. The van der Waals surface area contributed by atoms with Crippen molar-refractivity contribution >= 4 is 15.7 Å². The van der Waals surface area contributed by atoms with Gasteiger partial charge in [-0.25, -0.2) is 13.1 Å². The number of alkyl halides is 3. The molecule has 0 radical (unpaired) electrons. The van der Waals surface area contributed by atoms with Crippen molar-refractivity contribution < 1.29 is 21.6 Å². The van der Waals surface area contributed by atoms with Crippen LogP contribution in [0.25, 0.3) is 0 Å². The molecule has 4 saturated heterocycles. The van der Waals surface area contributed by atoms with E-state index in [2.05, 4.69) is 16.2 Å². The second-order valence-corrected chi connectivity index (χ2v) is 10.4. The van der Waals surface area contributed by atoms with Gasteiger partial charge in [0.1, 0.15) is 4.90 Å². The van der Waals surface area contributed by atoms with Crippen molar-refractivity contribution in [3.63, 3.8) is 0 Å². The van der Waals surface area contributed by atoms with Crippen LogP contribution in [0.1, 0.15) is 37.7 Å². The molecule has 4 aliphatic heterocycles. The van der Waals surface area contributed by atoms with Crippen molar-refractivity contribution in [2.75, 3.05) is 37.6 Å². The third-order valence-electron chi connectivity index (χ3n) is 6.86. The first kappa shape index (κ1) is 21.6. The lowest BCUT2D eigenvalue weighted by Crippen LogP contribution is -2.60. The number of sulfonamides is 1. The number of piperidine rings is 4. The highest BCUT2D eigenvalue weighted by molar-refractivity contribution is 7.89. The maximum absolute atomic E-state index is 13.4. The Kier molecular flexibility index (Phi) is 5.65. The standard InChI is InChI=1S/C21H28F3N3O2S/c1-2-16-5-10-27(11-6-16)18-4-3-17(21(22,23)24)15-19(18)30(28,29)25-20-7-12-26(13-8-20)14-9-20/h2-4,15-16,25H,1,5-14H2. The molecule has 5 rings (SSSR count). The van der Waals surface area contributed by atoms with E-state index >= 15 is 0 Å². The van der Waals surface area contributed by atoms with Crippen molar-refractivity contribution in [3.8, 4) is 0 Å². The summed E-state index contributed by atoms with van der Waals surface area (Å²) in [7, 11) is -4.12. The van der Waals surface area contributed by atoms with E-state index in [1.165, 1.54) is 6.07 Å². The molecule has 0 aromatic heterocycles. The average Bonchev–Trinajstić information content (AvgIpc) is 2.73. The summed E-state index contributed by atoms with van der Waals surface area (Å²) in [6, 6.07) is 3.09. The molecule has 2 bridgehead atoms. The zero-order valence-electron chi connectivity index (χ0n) is 16.9. The molecule has 0 saturated carbocycles. The number of hydrogen-bond acceptors (Lipinski definition) is 4. The molecule has 1 aromatic carbocycles. The molecule has 5 nitrogen and oxygen atoms in total. The first-order chi connectivity index (χ1) is 14.1. The minimum atomic E-state index is -4.60. The number of nitrogens with zero attached hydrogens (tertiary/aromatic N) is 2. The van der Waals surface area contributed by atoms with Gasteiger partial charge in [0.25, 0.3) is 0 Å². The normalized spacial score (nSPS) is 28.0. The second kappa shape index (κ2) is 7.84. The van der Waals surface area contributed by atoms with Crippen LogP contribution in [0.15, 0.2) is 35.7 Å². The maximum atomic E-state index is 13.4. The Morgan fingerprint density at radius 2 is 1.67 bits per heavy atom. The molecule has 4 fully saturated rings. The quantitative estimate of drug-likeness (QED) is 0.707. The van der Waals surface area contributed by atoms with Crippen LogP contribution in [0.4, 0.5) is 18.9 Å². The lowest BCUT2D eigenvalue weighted by atomic mass is 9.81. The molecule has 0 amide bonds.